The number of rotatable bonds is 6. The van der Waals surface area contributed by atoms with Crippen molar-refractivity contribution in [3.8, 4) is 0 Å². The van der Waals surface area contributed by atoms with Gasteiger partial charge in [0.15, 0.2) is 6.10 Å². The third-order valence-electron chi connectivity index (χ3n) is 2.49. The lowest BCUT2D eigenvalue weighted by atomic mass is 10.2. The summed E-state index contributed by atoms with van der Waals surface area (Å²) in [5, 5.41) is 2.83. The minimum atomic E-state index is -0.907. The number of amides is 1. The lowest BCUT2D eigenvalue weighted by molar-refractivity contribution is -0.129. The number of hydrogen-bond acceptors (Lipinski definition) is 5. The van der Waals surface area contributed by atoms with Gasteiger partial charge in [-0.2, -0.15) is 0 Å². The van der Waals surface area contributed by atoms with Gasteiger partial charge in [0.05, 0.1) is 22.9 Å². The van der Waals surface area contributed by atoms with Crippen molar-refractivity contribution in [3.63, 3.8) is 0 Å². The quantitative estimate of drug-likeness (QED) is 0.468. The van der Waals surface area contributed by atoms with Crippen LogP contribution >= 0.6 is 11.6 Å². The molecule has 1 unspecified atom stereocenters. The Morgan fingerprint density at radius 3 is 2.75 bits per heavy atom. The molecule has 0 bridgehead atoms. The molecule has 0 fully saturated rings. The highest BCUT2D eigenvalue weighted by molar-refractivity contribution is 6.33. The van der Waals surface area contributed by atoms with E-state index in [1.807, 2.05) is 0 Å². The Kier molecular flexibility index (Phi) is 6.27. The third kappa shape index (κ3) is 4.71. The fraction of sp³-hybridized carbons (Fsp3) is 0.385. The van der Waals surface area contributed by atoms with Crippen LogP contribution in [0.1, 0.15) is 17.3 Å². The number of nitrogens with two attached hydrogens (primary N) is 1. The molecule has 0 radical (unpaired) electrons. The van der Waals surface area contributed by atoms with Crippen LogP contribution in [0, 0.1) is 0 Å². The second kappa shape index (κ2) is 7.72. The summed E-state index contributed by atoms with van der Waals surface area (Å²) in [5.74, 6) is -1.03. The molecule has 3 N–H and O–H groups in total. The van der Waals surface area contributed by atoms with E-state index in [1.165, 1.54) is 32.2 Å². The number of methoxy groups -OCH3 is 1. The molecule has 7 heteroatoms. The molecule has 110 valence electrons. The van der Waals surface area contributed by atoms with Crippen LogP contribution in [0.4, 0.5) is 5.69 Å². The molecule has 1 rings (SSSR count). The summed E-state index contributed by atoms with van der Waals surface area (Å²) >= 11 is 5.82. The van der Waals surface area contributed by atoms with Gasteiger partial charge in [0, 0.05) is 13.7 Å². The molecule has 0 saturated heterocycles. The lowest BCUT2D eigenvalue weighted by Gasteiger charge is -2.13. The molecular formula is C13H17ClN2O4. The maximum atomic E-state index is 11.8. The molecule has 1 aromatic rings. The monoisotopic (exact) mass is 300 g/mol. The number of nitrogens with one attached hydrogen (secondary N) is 1. The van der Waals surface area contributed by atoms with E-state index in [-0.39, 0.29) is 10.6 Å². The Balaban J connectivity index is 2.56. The van der Waals surface area contributed by atoms with Crippen molar-refractivity contribution in [2.24, 2.45) is 0 Å². The first-order valence-electron chi connectivity index (χ1n) is 5.98. The zero-order valence-electron chi connectivity index (χ0n) is 11.3. The largest absolute Gasteiger partial charge is 0.449 e. The standard InChI is InChI=1S/C13H17ClN2O4/c1-8(12(17)16-5-6-19-2)20-13(18)9-3-4-11(15)10(14)7-9/h3-4,7-8H,5-6,15H2,1-2H3,(H,16,17). The summed E-state index contributed by atoms with van der Waals surface area (Å²) < 4.78 is 9.83. The smallest absolute Gasteiger partial charge is 0.338 e. The Morgan fingerprint density at radius 2 is 2.15 bits per heavy atom. The van der Waals surface area contributed by atoms with Crippen LogP contribution < -0.4 is 11.1 Å². The zero-order valence-corrected chi connectivity index (χ0v) is 12.1. The van der Waals surface area contributed by atoms with E-state index in [4.69, 9.17) is 26.8 Å². The molecule has 1 amide bonds. The van der Waals surface area contributed by atoms with Crippen LogP contribution in [-0.2, 0) is 14.3 Å². The van der Waals surface area contributed by atoms with Crippen LogP contribution in [-0.4, -0.2) is 38.2 Å². The van der Waals surface area contributed by atoms with Crippen molar-refractivity contribution in [1.82, 2.24) is 5.32 Å². The van der Waals surface area contributed by atoms with Crippen molar-refractivity contribution in [2.45, 2.75) is 13.0 Å². The van der Waals surface area contributed by atoms with Gasteiger partial charge < -0.3 is 20.5 Å². The number of nitrogen functional groups attached to an aromatic ring is 1. The second-order valence-corrected chi connectivity index (χ2v) is 4.47. The fourth-order valence-electron chi connectivity index (χ4n) is 1.36. The Bertz CT molecular complexity index is 493. The van der Waals surface area contributed by atoms with Crippen molar-refractivity contribution >= 4 is 29.2 Å². The van der Waals surface area contributed by atoms with Crippen molar-refractivity contribution < 1.29 is 19.1 Å². The minimum absolute atomic E-state index is 0.237. The molecule has 6 nitrogen and oxygen atoms in total. The molecule has 0 spiro atoms. The zero-order chi connectivity index (χ0) is 15.1. The van der Waals surface area contributed by atoms with Gasteiger partial charge in [-0.1, -0.05) is 11.6 Å². The van der Waals surface area contributed by atoms with E-state index in [9.17, 15) is 9.59 Å². The highest BCUT2D eigenvalue weighted by Gasteiger charge is 2.18. The van der Waals surface area contributed by atoms with E-state index < -0.39 is 18.0 Å². The van der Waals surface area contributed by atoms with Gasteiger partial charge >= 0.3 is 5.97 Å². The highest BCUT2D eigenvalue weighted by atomic mass is 35.5. The third-order valence-corrected chi connectivity index (χ3v) is 2.82. The summed E-state index contributed by atoms with van der Waals surface area (Å²) in [6, 6.07) is 4.39. The maximum absolute atomic E-state index is 11.8. The molecule has 0 aromatic heterocycles. The van der Waals surface area contributed by atoms with Crippen molar-refractivity contribution in [2.75, 3.05) is 26.0 Å². The molecular weight excluding hydrogens is 284 g/mol. The molecule has 0 saturated carbocycles. The van der Waals surface area contributed by atoms with Crippen LogP contribution in [0.5, 0.6) is 0 Å². The molecule has 20 heavy (non-hydrogen) atoms. The number of halogens is 1. The van der Waals surface area contributed by atoms with E-state index in [1.54, 1.807) is 0 Å². The molecule has 1 aromatic carbocycles. The van der Waals surface area contributed by atoms with Crippen molar-refractivity contribution in [3.05, 3.63) is 28.8 Å². The van der Waals surface area contributed by atoms with Gasteiger partial charge in [-0.25, -0.2) is 4.79 Å². The maximum Gasteiger partial charge on any atom is 0.338 e. The predicted octanol–water partition coefficient (Wildman–Crippen LogP) is 1.23. The number of carbonyl (C=O) groups is 2. The van der Waals surface area contributed by atoms with E-state index >= 15 is 0 Å². The Hall–Kier alpha value is -1.79. The first kappa shape index (κ1) is 16.3. The number of esters is 1. The first-order chi connectivity index (χ1) is 9.45. The van der Waals surface area contributed by atoms with Gasteiger partial charge in [-0.3, -0.25) is 4.79 Å². The minimum Gasteiger partial charge on any atom is -0.449 e. The van der Waals surface area contributed by atoms with Gasteiger partial charge in [-0.15, -0.1) is 0 Å². The molecule has 0 aliphatic heterocycles. The number of carbonyl (C=O) groups excluding carboxylic acids is 2. The van der Waals surface area contributed by atoms with Crippen molar-refractivity contribution in [1.29, 1.82) is 0 Å². The molecule has 0 aliphatic rings. The molecule has 0 heterocycles. The summed E-state index contributed by atoms with van der Waals surface area (Å²) in [6.45, 7) is 2.23. The summed E-state index contributed by atoms with van der Waals surface area (Å²) in [6.07, 6.45) is -0.907. The summed E-state index contributed by atoms with van der Waals surface area (Å²) in [7, 11) is 1.53. The number of hydrogen-bond donors (Lipinski definition) is 2. The van der Waals surface area contributed by atoms with Gasteiger partial charge in [0.1, 0.15) is 0 Å². The van der Waals surface area contributed by atoms with Gasteiger partial charge in [-0.05, 0) is 25.1 Å². The average molecular weight is 301 g/mol. The fourth-order valence-corrected chi connectivity index (χ4v) is 1.54. The summed E-state index contributed by atoms with van der Waals surface area (Å²) in [4.78, 5) is 23.4. The van der Waals surface area contributed by atoms with Crippen LogP contribution in [0.3, 0.4) is 0 Å². The molecule has 1 atom stereocenters. The van der Waals surface area contributed by atoms with E-state index in [2.05, 4.69) is 5.32 Å². The normalized spacial score (nSPS) is 11.8. The Labute approximate surface area is 122 Å². The lowest BCUT2D eigenvalue weighted by Crippen LogP contribution is -2.37. The van der Waals surface area contributed by atoms with Crippen LogP contribution in [0.15, 0.2) is 18.2 Å². The van der Waals surface area contributed by atoms with Crippen LogP contribution in [0.25, 0.3) is 0 Å². The topological polar surface area (TPSA) is 90.6 Å². The van der Waals surface area contributed by atoms with Gasteiger partial charge in [0.25, 0.3) is 5.91 Å². The predicted molar refractivity (Wildman–Crippen MR) is 75.6 cm³/mol. The number of anilines is 1. The second-order valence-electron chi connectivity index (χ2n) is 4.07. The number of benzene rings is 1. The highest BCUT2D eigenvalue weighted by Crippen LogP contribution is 2.20. The first-order valence-corrected chi connectivity index (χ1v) is 6.36. The van der Waals surface area contributed by atoms with E-state index in [0.29, 0.717) is 18.8 Å². The Morgan fingerprint density at radius 1 is 1.45 bits per heavy atom. The van der Waals surface area contributed by atoms with Crippen LogP contribution in [0.2, 0.25) is 5.02 Å². The van der Waals surface area contributed by atoms with E-state index in [0.717, 1.165) is 0 Å². The van der Waals surface area contributed by atoms with Gasteiger partial charge in [0.2, 0.25) is 0 Å². The molecule has 0 aliphatic carbocycles. The number of ether oxygens (including phenoxy) is 2. The SMILES string of the molecule is COCCNC(=O)C(C)OC(=O)c1ccc(N)c(Cl)c1. The average Bonchev–Trinajstić information content (AvgIpc) is 2.41. The summed E-state index contributed by atoms with van der Waals surface area (Å²) in [5.41, 5.74) is 6.15.